The lowest BCUT2D eigenvalue weighted by Crippen LogP contribution is -2.44. The zero-order chi connectivity index (χ0) is 20.1. The zero-order valence-electron chi connectivity index (χ0n) is 17.2. The van der Waals surface area contributed by atoms with E-state index in [0.29, 0.717) is 5.92 Å². The Morgan fingerprint density at radius 3 is 2.86 bits per heavy atom. The first-order chi connectivity index (χ1) is 14.1. The molecule has 0 spiro atoms. The molecule has 1 aliphatic carbocycles. The maximum absolute atomic E-state index is 12.9. The lowest BCUT2D eigenvalue weighted by atomic mass is 9.84. The Balaban J connectivity index is 1.55. The highest BCUT2D eigenvalue weighted by atomic mass is 16.5. The van der Waals surface area contributed by atoms with E-state index in [9.17, 15) is 4.79 Å². The Labute approximate surface area is 170 Å². The molecule has 7 heteroatoms. The number of fused-ring (bicyclic) bond motifs is 3. The van der Waals surface area contributed by atoms with E-state index in [2.05, 4.69) is 18.0 Å². The summed E-state index contributed by atoms with van der Waals surface area (Å²) < 4.78 is 7.36. The molecule has 2 aromatic rings. The minimum absolute atomic E-state index is 0.0151. The number of methoxy groups -OCH3 is 1. The molecule has 0 bridgehead atoms. The average molecular weight is 393 g/mol. The smallest absolute Gasteiger partial charge is 0.244 e. The topological polar surface area (TPSA) is 72.6 Å². The Bertz CT molecular complexity index is 977. The van der Waals surface area contributed by atoms with Crippen LogP contribution in [0.2, 0.25) is 0 Å². The van der Waals surface area contributed by atoms with Crippen LogP contribution < -0.4 is 0 Å². The third kappa shape index (κ3) is 3.08. The second kappa shape index (κ2) is 7.06. The normalized spacial score (nSPS) is 25.1. The van der Waals surface area contributed by atoms with Crippen molar-refractivity contribution in [2.24, 2.45) is 10.9 Å². The Morgan fingerprint density at radius 1 is 1.28 bits per heavy atom. The van der Waals surface area contributed by atoms with Crippen molar-refractivity contribution in [3.63, 3.8) is 0 Å². The van der Waals surface area contributed by atoms with Crippen LogP contribution in [0.1, 0.15) is 67.3 Å². The highest BCUT2D eigenvalue weighted by Gasteiger charge is 2.41. The average Bonchev–Trinajstić information content (AvgIpc) is 3.50. The van der Waals surface area contributed by atoms with Gasteiger partial charge in [0.2, 0.25) is 5.91 Å². The lowest BCUT2D eigenvalue weighted by molar-refractivity contribution is -0.132. The van der Waals surface area contributed by atoms with Crippen molar-refractivity contribution in [1.82, 2.24) is 19.4 Å². The van der Waals surface area contributed by atoms with E-state index < -0.39 is 0 Å². The molecule has 4 heterocycles. The van der Waals surface area contributed by atoms with Crippen molar-refractivity contribution in [1.29, 1.82) is 0 Å². The van der Waals surface area contributed by atoms with Gasteiger partial charge in [-0.05, 0) is 43.4 Å². The number of imidazole rings is 1. The maximum atomic E-state index is 12.9. The van der Waals surface area contributed by atoms with Crippen LogP contribution in [0.3, 0.4) is 0 Å². The monoisotopic (exact) mass is 393 g/mol. The number of ether oxygens (including phenoxy) is 1. The molecule has 0 N–H and O–H groups in total. The second-order valence-corrected chi connectivity index (χ2v) is 8.37. The predicted octanol–water partition coefficient (Wildman–Crippen LogP) is 2.89. The molecular weight excluding hydrogens is 366 g/mol. The van der Waals surface area contributed by atoms with E-state index in [1.54, 1.807) is 13.4 Å². The number of aromatic nitrogens is 3. The molecule has 1 amide bonds. The first-order valence-electron chi connectivity index (χ1n) is 10.5. The molecule has 3 aliphatic rings. The predicted molar refractivity (Wildman–Crippen MR) is 109 cm³/mol. The standard InChI is InChI=1S/C22H27N5O2/c1-13-21-17-6-8-23-20(15-4-5-15)16(17)7-9-27(21)19(28)10-24-22(13)26-11-18(25-12-26)14(2)29-3/h6,8,11-15,21H,4-5,7,9-10H2,1-3H3. The molecule has 0 radical (unpaired) electrons. The summed E-state index contributed by atoms with van der Waals surface area (Å²) in [4.78, 5) is 28.9. The Hall–Kier alpha value is -2.54. The van der Waals surface area contributed by atoms with E-state index in [-0.39, 0.29) is 30.5 Å². The van der Waals surface area contributed by atoms with E-state index in [1.165, 1.54) is 29.7 Å². The van der Waals surface area contributed by atoms with Crippen molar-refractivity contribution in [2.45, 2.75) is 51.2 Å². The van der Waals surface area contributed by atoms with Crippen LogP contribution >= 0.6 is 0 Å². The number of rotatable bonds is 3. The molecule has 1 fully saturated rings. The molecule has 3 unspecified atom stereocenters. The summed E-state index contributed by atoms with van der Waals surface area (Å²) in [6.45, 7) is 5.06. The summed E-state index contributed by atoms with van der Waals surface area (Å²) in [5.74, 6) is 1.63. The molecule has 0 aromatic carbocycles. The van der Waals surface area contributed by atoms with Gasteiger partial charge in [0, 0.05) is 43.6 Å². The quantitative estimate of drug-likeness (QED) is 0.804. The van der Waals surface area contributed by atoms with Crippen LogP contribution in [-0.4, -0.2) is 51.4 Å². The highest BCUT2D eigenvalue weighted by molar-refractivity contribution is 5.92. The van der Waals surface area contributed by atoms with Gasteiger partial charge >= 0.3 is 0 Å². The lowest BCUT2D eigenvalue weighted by Gasteiger charge is -2.39. The van der Waals surface area contributed by atoms with Crippen LogP contribution in [0, 0.1) is 5.92 Å². The molecular formula is C22H27N5O2. The zero-order valence-corrected chi connectivity index (χ0v) is 17.2. The van der Waals surface area contributed by atoms with E-state index >= 15 is 0 Å². The number of amides is 1. The van der Waals surface area contributed by atoms with Crippen LogP contribution in [0.25, 0.3) is 0 Å². The summed E-state index contributed by atoms with van der Waals surface area (Å²) in [6, 6.07) is 2.09. The van der Waals surface area contributed by atoms with Crippen LogP contribution in [0.15, 0.2) is 29.8 Å². The molecule has 1 saturated carbocycles. The molecule has 29 heavy (non-hydrogen) atoms. The highest BCUT2D eigenvalue weighted by Crippen LogP contribution is 2.45. The molecule has 5 rings (SSSR count). The van der Waals surface area contributed by atoms with Gasteiger partial charge < -0.3 is 9.64 Å². The number of carbonyl (C=O) groups is 1. The second-order valence-electron chi connectivity index (χ2n) is 8.37. The van der Waals surface area contributed by atoms with Crippen LogP contribution in [-0.2, 0) is 16.0 Å². The van der Waals surface area contributed by atoms with E-state index in [4.69, 9.17) is 14.7 Å². The van der Waals surface area contributed by atoms with Gasteiger partial charge in [0.1, 0.15) is 18.7 Å². The summed E-state index contributed by atoms with van der Waals surface area (Å²) in [7, 11) is 1.68. The van der Waals surface area contributed by atoms with Gasteiger partial charge in [0.15, 0.2) is 0 Å². The molecule has 3 atom stereocenters. The Morgan fingerprint density at radius 2 is 2.10 bits per heavy atom. The number of aliphatic imine (C=N–C) groups is 1. The SMILES string of the molecule is COC(C)c1cn(C2=NCC(=O)N3CCc4c(ccnc4C4CC4)C3C2C)cn1. The fraction of sp³-hybridized carbons (Fsp3) is 0.545. The number of hydrogen-bond donors (Lipinski definition) is 0. The van der Waals surface area contributed by atoms with E-state index in [1.807, 2.05) is 28.8 Å². The van der Waals surface area contributed by atoms with Crippen molar-refractivity contribution in [3.8, 4) is 0 Å². The number of nitrogens with zero attached hydrogens (tertiary/aromatic N) is 5. The molecule has 7 nitrogen and oxygen atoms in total. The maximum Gasteiger partial charge on any atom is 0.244 e. The first kappa shape index (κ1) is 18.5. The van der Waals surface area contributed by atoms with Crippen molar-refractivity contribution in [3.05, 3.63) is 47.3 Å². The van der Waals surface area contributed by atoms with Gasteiger partial charge in [-0.1, -0.05) is 6.92 Å². The summed E-state index contributed by atoms with van der Waals surface area (Å²) in [5, 5.41) is 0. The van der Waals surface area contributed by atoms with Crippen molar-refractivity contribution in [2.75, 3.05) is 20.2 Å². The summed E-state index contributed by atoms with van der Waals surface area (Å²) in [5.41, 5.74) is 4.72. The number of pyridine rings is 1. The van der Waals surface area contributed by atoms with Crippen LogP contribution in [0.4, 0.5) is 0 Å². The minimum Gasteiger partial charge on any atom is -0.375 e. The van der Waals surface area contributed by atoms with Crippen molar-refractivity contribution >= 4 is 11.7 Å². The third-order valence-electron chi connectivity index (χ3n) is 6.56. The number of hydrogen-bond acceptors (Lipinski definition) is 5. The fourth-order valence-electron chi connectivity index (χ4n) is 4.78. The molecule has 2 aliphatic heterocycles. The van der Waals surface area contributed by atoms with Crippen molar-refractivity contribution < 1.29 is 9.53 Å². The van der Waals surface area contributed by atoms with Gasteiger partial charge in [-0.15, -0.1) is 0 Å². The summed E-state index contributed by atoms with van der Waals surface area (Å²) >= 11 is 0. The van der Waals surface area contributed by atoms with Gasteiger partial charge in [-0.3, -0.25) is 19.3 Å². The van der Waals surface area contributed by atoms with Gasteiger partial charge in [0.05, 0.1) is 17.8 Å². The fourth-order valence-corrected chi connectivity index (χ4v) is 4.78. The van der Waals surface area contributed by atoms with Gasteiger partial charge in [0.25, 0.3) is 0 Å². The molecule has 2 aromatic heterocycles. The van der Waals surface area contributed by atoms with Gasteiger partial charge in [-0.25, -0.2) is 4.98 Å². The minimum atomic E-state index is -0.0846. The molecule has 152 valence electrons. The Kier molecular flexibility index (Phi) is 4.50. The third-order valence-corrected chi connectivity index (χ3v) is 6.56. The largest absolute Gasteiger partial charge is 0.375 e. The number of carbonyl (C=O) groups excluding carboxylic acids is 1. The van der Waals surface area contributed by atoms with E-state index in [0.717, 1.165) is 24.5 Å². The summed E-state index contributed by atoms with van der Waals surface area (Å²) in [6.07, 6.45) is 8.94. The molecule has 0 saturated heterocycles. The van der Waals surface area contributed by atoms with Crippen LogP contribution in [0.5, 0.6) is 0 Å². The van der Waals surface area contributed by atoms with Gasteiger partial charge in [-0.2, -0.15) is 0 Å². The first-order valence-corrected chi connectivity index (χ1v) is 10.5.